The van der Waals surface area contributed by atoms with Crippen LogP contribution in [0.2, 0.25) is 0 Å². The summed E-state index contributed by atoms with van der Waals surface area (Å²) in [6, 6.07) is 3.93. The van der Waals surface area contributed by atoms with Crippen LogP contribution in [0.25, 0.3) is 0 Å². The van der Waals surface area contributed by atoms with Crippen molar-refractivity contribution in [2.45, 2.75) is 39.5 Å². The number of carbonyl (C=O) groups is 1. The van der Waals surface area contributed by atoms with Crippen LogP contribution in [0, 0.1) is 10.1 Å². The van der Waals surface area contributed by atoms with E-state index in [1.54, 1.807) is 0 Å². The molecule has 0 heterocycles. The monoisotopic (exact) mass is 294 g/mol. The van der Waals surface area contributed by atoms with Crippen molar-refractivity contribution in [1.82, 2.24) is 0 Å². The van der Waals surface area contributed by atoms with Gasteiger partial charge in [-0.1, -0.05) is 26.7 Å². The molecule has 1 aromatic rings. The van der Waals surface area contributed by atoms with Gasteiger partial charge in [0.25, 0.3) is 5.69 Å². The van der Waals surface area contributed by atoms with E-state index in [-0.39, 0.29) is 11.3 Å². The van der Waals surface area contributed by atoms with Crippen LogP contribution in [-0.2, 0) is 0 Å². The highest BCUT2D eigenvalue weighted by molar-refractivity contribution is 5.95. The second kappa shape index (κ2) is 8.24. The number of aromatic carboxylic acids is 1. The summed E-state index contributed by atoms with van der Waals surface area (Å²) in [7, 11) is 0. The first-order chi connectivity index (χ1) is 10.0. The van der Waals surface area contributed by atoms with E-state index in [2.05, 4.69) is 13.8 Å². The van der Waals surface area contributed by atoms with Gasteiger partial charge in [0.1, 0.15) is 0 Å². The molecule has 0 aliphatic rings. The van der Waals surface area contributed by atoms with Gasteiger partial charge in [-0.25, -0.2) is 4.79 Å². The number of nitro groups is 1. The molecular weight excluding hydrogens is 272 g/mol. The molecule has 21 heavy (non-hydrogen) atoms. The molecule has 0 unspecified atom stereocenters. The molecule has 116 valence electrons. The molecule has 0 aliphatic heterocycles. The summed E-state index contributed by atoms with van der Waals surface area (Å²) in [5.74, 6) is -1.06. The molecule has 6 heteroatoms. The van der Waals surface area contributed by atoms with Gasteiger partial charge < -0.3 is 10.0 Å². The highest BCUT2D eigenvalue weighted by Crippen LogP contribution is 2.27. The number of anilines is 1. The third-order valence-electron chi connectivity index (χ3n) is 3.33. The number of carboxylic acid groups (broad SMARTS) is 1. The van der Waals surface area contributed by atoms with Crippen LogP contribution < -0.4 is 4.90 Å². The first-order valence-corrected chi connectivity index (χ1v) is 7.27. The van der Waals surface area contributed by atoms with E-state index in [0.29, 0.717) is 18.8 Å². The Bertz CT molecular complexity index is 494. The van der Waals surface area contributed by atoms with Crippen molar-refractivity contribution >= 4 is 17.3 Å². The molecule has 6 nitrogen and oxygen atoms in total. The van der Waals surface area contributed by atoms with Gasteiger partial charge in [0, 0.05) is 25.2 Å². The summed E-state index contributed by atoms with van der Waals surface area (Å²) in [4.78, 5) is 23.7. The molecule has 1 N–H and O–H groups in total. The molecule has 0 aromatic heterocycles. The zero-order valence-corrected chi connectivity index (χ0v) is 12.5. The summed E-state index contributed by atoms with van der Waals surface area (Å²) in [5.41, 5.74) is 0.486. The van der Waals surface area contributed by atoms with Gasteiger partial charge in [-0.05, 0) is 18.9 Å². The summed E-state index contributed by atoms with van der Waals surface area (Å²) in [6.45, 7) is 5.53. The number of hydrogen-bond acceptors (Lipinski definition) is 4. The second-order valence-corrected chi connectivity index (χ2v) is 4.96. The molecule has 0 spiro atoms. The number of hydrogen-bond donors (Lipinski definition) is 1. The largest absolute Gasteiger partial charge is 0.478 e. The SMILES string of the molecule is CCCCN(CCCC)c1cc([N+](=O)[O-])ccc1C(=O)O. The number of nitrogens with zero attached hydrogens (tertiary/aromatic N) is 2. The lowest BCUT2D eigenvalue weighted by atomic mass is 10.1. The van der Waals surface area contributed by atoms with Crippen LogP contribution >= 0.6 is 0 Å². The van der Waals surface area contributed by atoms with Crippen molar-refractivity contribution < 1.29 is 14.8 Å². The van der Waals surface area contributed by atoms with Gasteiger partial charge in [0.15, 0.2) is 0 Å². The minimum absolute atomic E-state index is 0.0759. The van der Waals surface area contributed by atoms with Crippen molar-refractivity contribution in [3.05, 3.63) is 33.9 Å². The minimum atomic E-state index is -1.06. The Morgan fingerprint density at radius 2 is 1.81 bits per heavy atom. The van der Waals surface area contributed by atoms with E-state index < -0.39 is 10.9 Å². The molecule has 0 aliphatic carbocycles. The number of nitro benzene ring substituents is 1. The summed E-state index contributed by atoms with van der Waals surface area (Å²) in [6.07, 6.45) is 3.82. The lowest BCUT2D eigenvalue weighted by Gasteiger charge is -2.26. The first kappa shape index (κ1) is 16.9. The summed E-state index contributed by atoms with van der Waals surface area (Å²) >= 11 is 0. The zero-order chi connectivity index (χ0) is 15.8. The summed E-state index contributed by atoms with van der Waals surface area (Å²) in [5, 5.41) is 20.2. The number of carboxylic acids is 1. The smallest absolute Gasteiger partial charge is 0.337 e. The lowest BCUT2D eigenvalue weighted by molar-refractivity contribution is -0.384. The molecule has 0 saturated heterocycles. The number of rotatable bonds is 9. The maximum atomic E-state index is 11.4. The highest BCUT2D eigenvalue weighted by Gasteiger charge is 2.19. The zero-order valence-electron chi connectivity index (χ0n) is 12.5. The Morgan fingerprint density at radius 3 is 2.24 bits per heavy atom. The van der Waals surface area contributed by atoms with E-state index in [9.17, 15) is 20.0 Å². The van der Waals surface area contributed by atoms with Crippen LogP contribution in [0.5, 0.6) is 0 Å². The molecule has 1 aromatic carbocycles. The summed E-state index contributed by atoms with van der Waals surface area (Å²) < 4.78 is 0. The van der Waals surface area contributed by atoms with Gasteiger partial charge in [0.2, 0.25) is 0 Å². The standard InChI is InChI=1S/C15H22N2O4/c1-3-5-9-16(10-6-4-2)14-11-12(17(20)21)7-8-13(14)15(18)19/h7-8,11H,3-6,9-10H2,1-2H3,(H,18,19). The molecular formula is C15H22N2O4. The molecule has 0 fully saturated rings. The third-order valence-corrected chi connectivity index (χ3v) is 3.33. The quantitative estimate of drug-likeness (QED) is 0.554. The normalized spacial score (nSPS) is 10.4. The average molecular weight is 294 g/mol. The van der Waals surface area contributed by atoms with Crippen LogP contribution in [0.15, 0.2) is 18.2 Å². The van der Waals surface area contributed by atoms with Crippen molar-refractivity contribution in [1.29, 1.82) is 0 Å². The van der Waals surface area contributed by atoms with Crippen LogP contribution in [0.3, 0.4) is 0 Å². The van der Waals surface area contributed by atoms with E-state index in [1.165, 1.54) is 18.2 Å². The van der Waals surface area contributed by atoms with Crippen LogP contribution in [-0.4, -0.2) is 29.1 Å². The van der Waals surface area contributed by atoms with E-state index in [0.717, 1.165) is 25.7 Å². The average Bonchev–Trinajstić information content (AvgIpc) is 2.46. The Balaban J connectivity index is 3.19. The first-order valence-electron chi connectivity index (χ1n) is 7.27. The fourth-order valence-electron chi connectivity index (χ4n) is 2.13. The Labute approximate surface area is 124 Å². The van der Waals surface area contributed by atoms with E-state index in [4.69, 9.17) is 0 Å². The minimum Gasteiger partial charge on any atom is -0.478 e. The number of unbranched alkanes of at least 4 members (excludes halogenated alkanes) is 2. The van der Waals surface area contributed by atoms with Crippen molar-refractivity contribution in [3.63, 3.8) is 0 Å². The predicted molar refractivity (Wildman–Crippen MR) is 82.1 cm³/mol. The molecule has 0 amide bonds. The molecule has 0 radical (unpaired) electrons. The van der Waals surface area contributed by atoms with Gasteiger partial charge in [-0.3, -0.25) is 10.1 Å². The lowest BCUT2D eigenvalue weighted by Crippen LogP contribution is -2.27. The Hall–Kier alpha value is -2.11. The predicted octanol–water partition coefficient (Wildman–Crippen LogP) is 3.70. The Morgan fingerprint density at radius 1 is 1.24 bits per heavy atom. The van der Waals surface area contributed by atoms with E-state index in [1.807, 2.05) is 4.90 Å². The van der Waals surface area contributed by atoms with Crippen molar-refractivity contribution in [3.8, 4) is 0 Å². The molecule has 0 atom stereocenters. The van der Waals surface area contributed by atoms with Gasteiger partial charge in [0.05, 0.1) is 16.2 Å². The number of non-ortho nitro benzene ring substituents is 1. The second-order valence-electron chi connectivity index (χ2n) is 4.96. The van der Waals surface area contributed by atoms with Crippen molar-refractivity contribution in [2.75, 3.05) is 18.0 Å². The van der Waals surface area contributed by atoms with Crippen molar-refractivity contribution in [2.24, 2.45) is 0 Å². The topological polar surface area (TPSA) is 83.7 Å². The fraction of sp³-hybridized carbons (Fsp3) is 0.533. The van der Waals surface area contributed by atoms with Crippen LogP contribution in [0.4, 0.5) is 11.4 Å². The van der Waals surface area contributed by atoms with Gasteiger partial charge >= 0.3 is 5.97 Å². The molecule has 1 rings (SSSR count). The van der Waals surface area contributed by atoms with E-state index >= 15 is 0 Å². The fourth-order valence-corrected chi connectivity index (χ4v) is 2.13. The van der Waals surface area contributed by atoms with Crippen LogP contribution in [0.1, 0.15) is 49.9 Å². The Kier molecular flexibility index (Phi) is 6.65. The molecule has 0 saturated carbocycles. The van der Waals surface area contributed by atoms with Gasteiger partial charge in [-0.15, -0.1) is 0 Å². The highest BCUT2D eigenvalue weighted by atomic mass is 16.6. The number of benzene rings is 1. The maximum absolute atomic E-state index is 11.4. The van der Waals surface area contributed by atoms with Gasteiger partial charge in [-0.2, -0.15) is 0 Å². The third kappa shape index (κ3) is 4.73. The molecule has 0 bridgehead atoms. The maximum Gasteiger partial charge on any atom is 0.337 e.